The van der Waals surface area contributed by atoms with E-state index in [9.17, 15) is 9.18 Å². The van der Waals surface area contributed by atoms with Gasteiger partial charge in [-0.1, -0.05) is 12.1 Å². The molecule has 0 aliphatic heterocycles. The number of aromatic nitrogens is 1. The van der Waals surface area contributed by atoms with Crippen LogP contribution in [0.25, 0.3) is 0 Å². The minimum atomic E-state index is -0.258. The third kappa shape index (κ3) is 3.92. The van der Waals surface area contributed by atoms with Crippen molar-refractivity contribution in [2.24, 2.45) is 0 Å². The van der Waals surface area contributed by atoms with Gasteiger partial charge in [0.15, 0.2) is 0 Å². The van der Waals surface area contributed by atoms with Crippen molar-refractivity contribution < 1.29 is 9.18 Å². The zero-order valence-corrected chi connectivity index (χ0v) is 10.5. The molecule has 0 saturated carbocycles. The molecule has 0 unspecified atom stereocenters. The van der Waals surface area contributed by atoms with Crippen LogP contribution in [0.1, 0.15) is 17.7 Å². The maximum atomic E-state index is 12.7. The standard InChI is InChI=1S/C13H13FN2OS/c14-11-4-1-10(2-5-11)3-6-13(17)15-7-12-8-18-9-16-12/h1-2,4-5,8-9H,3,6-7H2,(H,15,17). The number of halogens is 1. The topological polar surface area (TPSA) is 42.0 Å². The van der Waals surface area contributed by atoms with E-state index in [0.29, 0.717) is 19.4 Å². The molecule has 0 saturated heterocycles. The summed E-state index contributed by atoms with van der Waals surface area (Å²) >= 11 is 1.50. The number of hydrogen-bond acceptors (Lipinski definition) is 3. The van der Waals surface area contributed by atoms with Crippen LogP contribution in [0.2, 0.25) is 0 Å². The average molecular weight is 264 g/mol. The lowest BCUT2D eigenvalue weighted by Crippen LogP contribution is -2.23. The number of benzene rings is 1. The zero-order valence-electron chi connectivity index (χ0n) is 9.73. The maximum Gasteiger partial charge on any atom is 0.220 e. The predicted molar refractivity (Wildman–Crippen MR) is 68.7 cm³/mol. The van der Waals surface area contributed by atoms with E-state index in [1.165, 1.54) is 23.5 Å². The zero-order chi connectivity index (χ0) is 12.8. The van der Waals surface area contributed by atoms with Gasteiger partial charge in [-0.3, -0.25) is 4.79 Å². The first-order chi connectivity index (χ1) is 8.74. The monoisotopic (exact) mass is 264 g/mol. The van der Waals surface area contributed by atoms with Crippen molar-refractivity contribution in [1.29, 1.82) is 0 Å². The number of hydrogen-bond donors (Lipinski definition) is 1. The second-order valence-electron chi connectivity index (χ2n) is 3.88. The molecular weight excluding hydrogens is 251 g/mol. The Kier molecular flexibility index (Phi) is 4.41. The number of aryl methyl sites for hydroxylation is 1. The summed E-state index contributed by atoms with van der Waals surface area (Å²) in [5.41, 5.74) is 3.57. The Hall–Kier alpha value is -1.75. The number of nitrogens with one attached hydrogen (secondary N) is 1. The Morgan fingerprint density at radius 2 is 2.11 bits per heavy atom. The molecule has 1 amide bonds. The molecule has 2 aromatic rings. The fourth-order valence-electron chi connectivity index (χ4n) is 1.51. The molecule has 1 heterocycles. The van der Waals surface area contributed by atoms with Crippen LogP contribution in [0.4, 0.5) is 4.39 Å². The number of carbonyl (C=O) groups excluding carboxylic acids is 1. The summed E-state index contributed by atoms with van der Waals surface area (Å²) < 4.78 is 12.7. The van der Waals surface area contributed by atoms with Crippen LogP contribution in [0.3, 0.4) is 0 Å². The Labute approximate surface area is 109 Å². The molecule has 3 nitrogen and oxygen atoms in total. The first kappa shape index (κ1) is 12.7. The van der Waals surface area contributed by atoms with Gasteiger partial charge in [-0.05, 0) is 24.1 Å². The highest BCUT2D eigenvalue weighted by Gasteiger charge is 2.03. The molecule has 1 aromatic carbocycles. The normalized spacial score (nSPS) is 10.3. The van der Waals surface area contributed by atoms with Gasteiger partial charge < -0.3 is 5.32 Å². The Balaban J connectivity index is 1.73. The van der Waals surface area contributed by atoms with Crippen molar-refractivity contribution in [1.82, 2.24) is 10.3 Å². The third-order valence-corrected chi connectivity index (χ3v) is 3.14. The van der Waals surface area contributed by atoms with Crippen LogP contribution in [0.15, 0.2) is 35.2 Å². The molecular formula is C13H13FN2OS. The van der Waals surface area contributed by atoms with Gasteiger partial charge in [-0.2, -0.15) is 0 Å². The molecule has 2 rings (SSSR count). The first-order valence-electron chi connectivity index (χ1n) is 5.62. The van der Waals surface area contributed by atoms with E-state index in [1.54, 1.807) is 17.6 Å². The highest BCUT2D eigenvalue weighted by atomic mass is 32.1. The van der Waals surface area contributed by atoms with Crippen LogP contribution in [0, 0.1) is 5.82 Å². The Morgan fingerprint density at radius 1 is 1.33 bits per heavy atom. The summed E-state index contributed by atoms with van der Waals surface area (Å²) in [6.07, 6.45) is 1.01. The smallest absolute Gasteiger partial charge is 0.220 e. The summed E-state index contributed by atoms with van der Waals surface area (Å²) in [7, 11) is 0. The van der Waals surface area contributed by atoms with Crippen molar-refractivity contribution in [3.63, 3.8) is 0 Å². The lowest BCUT2D eigenvalue weighted by molar-refractivity contribution is -0.121. The van der Waals surface area contributed by atoms with Crippen LogP contribution >= 0.6 is 11.3 Å². The summed E-state index contributed by atoms with van der Waals surface area (Å²) in [6, 6.07) is 6.21. The van der Waals surface area contributed by atoms with E-state index < -0.39 is 0 Å². The van der Waals surface area contributed by atoms with Gasteiger partial charge >= 0.3 is 0 Å². The van der Waals surface area contributed by atoms with Crippen molar-refractivity contribution in [2.45, 2.75) is 19.4 Å². The number of thiazole rings is 1. The molecule has 0 bridgehead atoms. The Bertz CT molecular complexity index is 496. The molecule has 0 radical (unpaired) electrons. The number of nitrogens with zero attached hydrogens (tertiary/aromatic N) is 1. The summed E-state index contributed by atoms with van der Waals surface area (Å²) in [6.45, 7) is 0.464. The van der Waals surface area contributed by atoms with Gasteiger partial charge in [0.05, 0.1) is 17.7 Å². The van der Waals surface area contributed by atoms with Crippen LogP contribution in [-0.4, -0.2) is 10.9 Å². The number of amides is 1. The van der Waals surface area contributed by atoms with Crippen LogP contribution < -0.4 is 5.32 Å². The summed E-state index contributed by atoms with van der Waals surface area (Å²) in [5, 5.41) is 4.70. The van der Waals surface area contributed by atoms with Gasteiger partial charge in [0.25, 0.3) is 0 Å². The quantitative estimate of drug-likeness (QED) is 0.901. The maximum absolute atomic E-state index is 12.7. The highest BCUT2D eigenvalue weighted by molar-refractivity contribution is 7.07. The van der Waals surface area contributed by atoms with E-state index in [0.717, 1.165) is 11.3 Å². The fraction of sp³-hybridized carbons (Fsp3) is 0.231. The van der Waals surface area contributed by atoms with Crippen LogP contribution in [0.5, 0.6) is 0 Å². The van der Waals surface area contributed by atoms with Crippen molar-refractivity contribution >= 4 is 17.2 Å². The first-order valence-corrected chi connectivity index (χ1v) is 6.56. The predicted octanol–water partition coefficient (Wildman–Crippen LogP) is 2.53. The van der Waals surface area contributed by atoms with Crippen molar-refractivity contribution in [3.8, 4) is 0 Å². The molecule has 18 heavy (non-hydrogen) atoms. The van der Waals surface area contributed by atoms with E-state index in [2.05, 4.69) is 10.3 Å². The van der Waals surface area contributed by atoms with Gasteiger partial charge in [-0.25, -0.2) is 9.37 Å². The largest absolute Gasteiger partial charge is 0.350 e. The minimum Gasteiger partial charge on any atom is -0.350 e. The van der Waals surface area contributed by atoms with Gasteiger partial charge in [0.1, 0.15) is 5.82 Å². The van der Waals surface area contributed by atoms with E-state index in [1.807, 2.05) is 5.38 Å². The van der Waals surface area contributed by atoms with Gasteiger partial charge in [0.2, 0.25) is 5.91 Å². The second-order valence-corrected chi connectivity index (χ2v) is 4.60. The lowest BCUT2D eigenvalue weighted by Gasteiger charge is -2.03. The molecule has 1 aromatic heterocycles. The summed E-state index contributed by atoms with van der Waals surface area (Å²) in [4.78, 5) is 15.6. The minimum absolute atomic E-state index is 0.0210. The second kappa shape index (κ2) is 6.26. The summed E-state index contributed by atoms with van der Waals surface area (Å²) in [5.74, 6) is -0.279. The van der Waals surface area contributed by atoms with E-state index in [-0.39, 0.29) is 11.7 Å². The number of carbonyl (C=O) groups is 1. The SMILES string of the molecule is O=C(CCc1ccc(F)cc1)NCc1cscn1. The molecule has 0 aliphatic carbocycles. The average Bonchev–Trinajstić information content (AvgIpc) is 2.89. The molecule has 0 fully saturated rings. The fourth-order valence-corrected chi connectivity index (χ4v) is 2.07. The Morgan fingerprint density at radius 3 is 2.78 bits per heavy atom. The molecule has 94 valence electrons. The van der Waals surface area contributed by atoms with Crippen molar-refractivity contribution in [3.05, 3.63) is 52.2 Å². The number of rotatable bonds is 5. The molecule has 1 N–H and O–H groups in total. The molecule has 0 atom stereocenters. The molecule has 0 spiro atoms. The van der Waals surface area contributed by atoms with E-state index >= 15 is 0 Å². The van der Waals surface area contributed by atoms with E-state index in [4.69, 9.17) is 0 Å². The third-order valence-electron chi connectivity index (χ3n) is 2.50. The molecule has 5 heteroatoms. The van der Waals surface area contributed by atoms with Crippen LogP contribution in [-0.2, 0) is 17.8 Å². The molecule has 0 aliphatic rings. The van der Waals surface area contributed by atoms with Gasteiger partial charge in [-0.15, -0.1) is 11.3 Å². The van der Waals surface area contributed by atoms with Gasteiger partial charge in [0, 0.05) is 11.8 Å². The highest BCUT2D eigenvalue weighted by Crippen LogP contribution is 2.05. The lowest BCUT2D eigenvalue weighted by atomic mass is 10.1. The van der Waals surface area contributed by atoms with Crippen molar-refractivity contribution in [2.75, 3.05) is 0 Å².